The van der Waals surface area contributed by atoms with E-state index in [9.17, 15) is 0 Å². The van der Waals surface area contributed by atoms with Crippen molar-refractivity contribution in [2.75, 3.05) is 5.73 Å². The molecular weight excluding hydrogens is 164 g/mol. The van der Waals surface area contributed by atoms with E-state index in [1.807, 2.05) is 24.3 Å². The van der Waals surface area contributed by atoms with Crippen molar-refractivity contribution in [2.45, 2.75) is 12.5 Å². The molecule has 0 unspecified atom stereocenters. The van der Waals surface area contributed by atoms with E-state index in [1.165, 1.54) is 0 Å². The van der Waals surface area contributed by atoms with Gasteiger partial charge in [0, 0.05) is 17.2 Å². The molecular formula is C10H10N2O. The van der Waals surface area contributed by atoms with Gasteiger partial charge in [0.05, 0.1) is 5.71 Å². The lowest BCUT2D eigenvalue weighted by Gasteiger charge is -2.00. The van der Waals surface area contributed by atoms with Crippen molar-refractivity contribution in [1.82, 2.24) is 0 Å². The number of rotatable bonds is 1. The Hall–Kier alpha value is -1.51. The third-order valence-electron chi connectivity index (χ3n) is 2.55. The number of anilines is 1. The van der Waals surface area contributed by atoms with Crippen molar-refractivity contribution in [2.24, 2.45) is 11.1 Å². The Morgan fingerprint density at radius 3 is 3.00 bits per heavy atom. The molecule has 2 N–H and O–H groups in total. The lowest BCUT2D eigenvalue weighted by molar-refractivity contribution is 0.140. The number of hydrogen-bond acceptors (Lipinski definition) is 3. The van der Waals surface area contributed by atoms with Crippen molar-refractivity contribution in [3.63, 3.8) is 0 Å². The maximum Gasteiger partial charge on any atom is 0.136 e. The van der Waals surface area contributed by atoms with E-state index in [0.717, 1.165) is 23.4 Å². The van der Waals surface area contributed by atoms with Gasteiger partial charge in [0.1, 0.15) is 6.10 Å². The molecule has 1 saturated carbocycles. The van der Waals surface area contributed by atoms with Crippen LogP contribution < -0.4 is 5.73 Å². The summed E-state index contributed by atoms with van der Waals surface area (Å²) in [6.07, 6.45) is 1.48. The van der Waals surface area contributed by atoms with Crippen LogP contribution in [0.15, 0.2) is 29.4 Å². The van der Waals surface area contributed by atoms with Crippen molar-refractivity contribution in [3.05, 3.63) is 29.8 Å². The van der Waals surface area contributed by atoms with Gasteiger partial charge in [0.2, 0.25) is 0 Å². The summed E-state index contributed by atoms with van der Waals surface area (Å²) in [4.78, 5) is 5.18. The van der Waals surface area contributed by atoms with Gasteiger partial charge in [-0.25, -0.2) is 0 Å². The number of hydrogen-bond donors (Lipinski definition) is 1. The molecule has 1 aliphatic carbocycles. The number of nitrogens with two attached hydrogens (primary N) is 1. The topological polar surface area (TPSA) is 47.6 Å². The van der Waals surface area contributed by atoms with Gasteiger partial charge in [-0.15, -0.1) is 0 Å². The summed E-state index contributed by atoms with van der Waals surface area (Å²) in [5.74, 6) is 0.529. The molecule has 2 atom stereocenters. The summed E-state index contributed by atoms with van der Waals surface area (Å²) in [6.45, 7) is 0. The second-order valence-corrected chi connectivity index (χ2v) is 3.59. The molecule has 3 rings (SSSR count). The molecule has 0 bridgehead atoms. The summed E-state index contributed by atoms with van der Waals surface area (Å²) in [7, 11) is 0. The zero-order valence-electron chi connectivity index (χ0n) is 7.10. The lowest BCUT2D eigenvalue weighted by Crippen LogP contribution is -2.02. The first kappa shape index (κ1) is 6.95. The number of nitrogen functional groups attached to an aromatic ring is 1. The molecule has 2 aliphatic rings. The molecule has 1 heterocycles. The Kier molecular flexibility index (Phi) is 1.20. The smallest absolute Gasteiger partial charge is 0.136 e. The highest BCUT2D eigenvalue weighted by atomic mass is 16.7. The van der Waals surface area contributed by atoms with Crippen LogP contribution in [0.3, 0.4) is 0 Å². The predicted octanol–water partition coefficient (Wildman–Crippen LogP) is 1.39. The maximum atomic E-state index is 5.69. The summed E-state index contributed by atoms with van der Waals surface area (Å²) in [5, 5.41) is 4.04. The fourth-order valence-electron chi connectivity index (χ4n) is 1.73. The third kappa shape index (κ3) is 1.00. The number of benzene rings is 1. The molecule has 13 heavy (non-hydrogen) atoms. The molecule has 1 aromatic rings. The number of oxime groups is 1. The molecule has 0 spiro atoms. The summed E-state index contributed by atoms with van der Waals surface area (Å²) >= 11 is 0. The molecule has 0 aromatic heterocycles. The second-order valence-electron chi connectivity index (χ2n) is 3.59. The quantitative estimate of drug-likeness (QED) is 0.654. The van der Waals surface area contributed by atoms with E-state index >= 15 is 0 Å². The van der Waals surface area contributed by atoms with Gasteiger partial charge in [-0.2, -0.15) is 0 Å². The minimum atomic E-state index is 0.358. The minimum Gasteiger partial charge on any atom is -0.399 e. The van der Waals surface area contributed by atoms with Crippen LogP contribution in [0, 0.1) is 5.92 Å². The monoisotopic (exact) mass is 174 g/mol. The van der Waals surface area contributed by atoms with Crippen LogP contribution in [0.2, 0.25) is 0 Å². The van der Waals surface area contributed by atoms with Crippen molar-refractivity contribution in [3.8, 4) is 0 Å². The number of fused-ring (bicyclic) bond motifs is 1. The van der Waals surface area contributed by atoms with Gasteiger partial charge >= 0.3 is 0 Å². The molecule has 66 valence electrons. The fraction of sp³-hybridized carbons (Fsp3) is 0.300. The number of nitrogens with zero attached hydrogens (tertiary/aromatic N) is 1. The molecule has 3 heteroatoms. The van der Waals surface area contributed by atoms with Crippen LogP contribution in [-0.2, 0) is 4.84 Å². The first-order valence-corrected chi connectivity index (χ1v) is 4.44. The fourth-order valence-corrected chi connectivity index (χ4v) is 1.73. The third-order valence-corrected chi connectivity index (χ3v) is 2.55. The van der Waals surface area contributed by atoms with Crippen LogP contribution in [0.25, 0.3) is 0 Å². The zero-order chi connectivity index (χ0) is 8.84. The van der Waals surface area contributed by atoms with Crippen LogP contribution in [0.4, 0.5) is 5.69 Å². The van der Waals surface area contributed by atoms with Gasteiger partial charge < -0.3 is 10.6 Å². The van der Waals surface area contributed by atoms with Crippen LogP contribution >= 0.6 is 0 Å². The SMILES string of the molecule is Nc1cccc(C2=NO[C@@H]3C[C@@H]23)c1. The largest absolute Gasteiger partial charge is 0.399 e. The highest BCUT2D eigenvalue weighted by Gasteiger charge is 2.48. The van der Waals surface area contributed by atoms with Gasteiger partial charge in [-0.3, -0.25) is 0 Å². The Balaban J connectivity index is 2.00. The normalized spacial score (nSPS) is 29.1. The molecule has 3 nitrogen and oxygen atoms in total. The first-order chi connectivity index (χ1) is 6.34. The summed E-state index contributed by atoms with van der Waals surface area (Å²) in [5.41, 5.74) is 8.64. The average molecular weight is 174 g/mol. The molecule has 1 aromatic carbocycles. The Bertz CT molecular complexity index is 386. The predicted molar refractivity (Wildman–Crippen MR) is 50.4 cm³/mol. The molecule has 0 saturated heterocycles. The van der Waals surface area contributed by atoms with E-state index in [-0.39, 0.29) is 0 Å². The van der Waals surface area contributed by atoms with Gasteiger partial charge in [0.25, 0.3) is 0 Å². The van der Waals surface area contributed by atoms with E-state index in [4.69, 9.17) is 10.6 Å². The molecule has 1 aliphatic heterocycles. The highest BCUT2D eigenvalue weighted by Crippen LogP contribution is 2.42. The first-order valence-electron chi connectivity index (χ1n) is 4.44. The molecule has 0 amide bonds. The Labute approximate surface area is 76.2 Å². The van der Waals surface area contributed by atoms with Crippen LogP contribution in [0.1, 0.15) is 12.0 Å². The van der Waals surface area contributed by atoms with Crippen molar-refractivity contribution >= 4 is 11.4 Å². The summed E-state index contributed by atoms with van der Waals surface area (Å²) < 4.78 is 0. The Morgan fingerprint density at radius 1 is 1.46 bits per heavy atom. The van der Waals surface area contributed by atoms with E-state index in [0.29, 0.717) is 12.0 Å². The van der Waals surface area contributed by atoms with Gasteiger partial charge in [0.15, 0.2) is 0 Å². The molecule has 0 radical (unpaired) electrons. The Morgan fingerprint density at radius 2 is 2.38 bits per heavy atom. The van der Waals surface area contributed by atoms with Crippen molar-refractivity contribution in [1.29, 1.82) is 0 Å². The molecule has 1 fully saturated rings. The van der Waals surface area contributed by atoms with Crippen LogP contribution in [-0.4, -0.2) is 11.8 Å². The van der Waals surface area contributed by atoms with Gasteiger partial charge in [-0.1, -0.05) is 17.3 Å². The average Bonchev–Trinajstić information content (AvgIpc) is 2.78. The van der Waals surface area contributed by atoms with E-state index in [1.54, 1.807) is 0 Å². The lowest BCUT2D eigenvalue weighted by atomic mass is 10.1. The highest BCUT2D eigenvalue weighted by molar-refractivity contribution is 6.05. The minimum absolute atomic E-state index is 0.358. The van der Waals surface area contributed by atoms with Crippen molar-refractivity contribution < 1.29 is 4.84 Å². The van der Waals surface area contributed by atoms with Gasteiger partial charge in [-0.05, 0) is 18.6 Å². The van der Waals surface area contributed by atoms with E-state index in [2.05, 4.69) is 5.16 Å². The standard InChI is InChI=1S/C10H10N2O/c11-7-3-1-2-6(4-7)10-8-5-9(8)13-12-10/h1-4,8-9H,5,11H2/t8-,9-/m1/s1. The zero-order valence-corrected chi connectivity index (χ0v) is 7.10. The van der Waals surface area contributed by atoms with E-state index < -0.39 is 0 Å². The van der Waals surface area contributed by atoms with Crippen LogP contribution in [0.5, 0.6) is 0 Å². The second kappa shape index (κ2) is 2.25. The summed E-state index contributed by atoms with van der Waals surface area (Å²) in [6, 6.07) is 7.80. The maximum absolute atomic E-state index is 5.69.